The third-order valence-corrected chi connectivity index (χ3v) is 9.33. The lowest BCUT2D eigenvalue weighted by Crippen LogP contribution is -2.38. The molecule has 0 saturated carbocycles. The number of fused-ring (bicyclic) bond motifs is 1. The molecule has 45 heavy (non-hydrogen) atoms. The quantitative estimate of drug-likeness (QED) is 0.127. The molecule has 0 spiro atoms. The summed E-state index contributed by atoms with van der Waals surface area (Å²) < 4.78 is 21.4. The van der Waals surface area contributed by atoms with E-state index in [9.17, 15) is 4.79 Å². The van der Waals surface area contributed by atoms with Crippen molar-refractivity contribution < 1.29 is 13.9 Å². The maximum Gasteiger partial charge on any atom is 0.328 e. The van der Waals surface area contributed by atoms with E-state index in [0.29, 0.717) is 49.0 Å². The summed E-state index contributed by atoms with van der Waals surface area (Å²) in [5.74, 6) is -0.388. The Morgan fingerprint density at radius 2 is 1.89 bits per heavy atom. The van der Waals surface area contributed by atoms with Gasteiger partial charge in [-0.2, -0.15) is 0 Å². The minimum absolute atomic E-state index is 0.367. The third-order valence-electron chi connectivity index (χ3n) is 7.62. The van der Waals surface area contributed by atoms with Crippen LogP contribution in [-0.2, 0) is 24.2 Å². The number of thiocarbonyl (C=S) groups is 1. The number of thiophene rings is 1. The molecule has 1 aliphatic heterocycles. The van der Waals surface area contributed by atoms with Gasteiger partial charge in [0.05, 0.1) is 27.4 Å². The number of urea groups is 1. The topological polar surface area (TPSA) is 82.6 Å². The second kappa shape index (κ2) is 14.2. The number of benzene rings is 2. The first-order valence-corrected chi connectivity index (χ1v) is 15.9. The average Bonchev–Trinajstić information content (AvgIpc) is 3.65. The Morgan fingerprint density at radius 1 is 1.02 bits per heavy atom. The van der Waals surface area contributed by atoms with Gasteiger partial charge in [-0.15, -0.1) is 11.3 Å². The summed E-state index contributed by atoms with van der Waals surface area (Å²) in [5, 5.41) is 6.60. The molecule has 8 nitrogen and oxygen atoms in total. The van der Waals surface area contributed by atoms with E-state index in [0.717, 1.165) is 50.6 Å². The van der Waals surface area contributed by atoms with Crippen molar-refractivity contribution in [2.45, 2.75) is 19.5 Å². The van der Waals surface area contributed by atoms with E-state index in [4.69, 9.17) is 17.0 Å². The van der Waals surface area contributed by atoms with Crippen LogP contribution in [0.5, 0.6) is 0 Å². The van der Waals surface area contributed by atoms with Crippen molar-refractivity contribution in [2.24, 2.45) is 0 Å². The number of nitrogens with one attached hydrogen (secondary N) is 2. The van der Waals surface area contributed by atoms with Crippen molar-refractivity contribution in [1.29, 1.82) is 0 Å². The van der Waals surface area contributed by atoms with E-state index in [-0.39, 0.29) is 11.8 Å². The van der Waals surface area contributed by atoms with E-state index >= 15 is 4.39 Å². The van der Waals surface area contributed by atoms with Gasteiger partial charge in [-0.3, -0.25) is 14.9 Å². The normalized spacial score (nSPS) is 13.2. The molecule has 0 unspecified atom stereocenters. The number of amides is 2. The first-order chi connectivity index (χ1) is 22.0. The van der Waals surface area contributed by atoms with E-state index in [1.807, 2.05) is 59.6 Å². The highest BCUT2D eigenvalue weighted by Gasteiger charge is 2.30. The molecule has 2 aromatic carbocycles. The van der Waals surface area contributed by atoms with Gasteiger partial charge in [0.1, 0.15) is 5.82 Å². The Bertz CT molecular complexity index is 1800. The second-order valence-electron chi connectivity index (χ2n) is 10.8. The maximum absolute atomic E-state index is 15.4. The fourth-order valence-corrected chi connectivity index (χ4v) is 6.66. The molecule has 0 atom stereocenters. The summed E-state index contributed by atoms with van der Waals surface area (Å²) in [7, 11) is 1.69. The Balaban J connectivity index is 1.10. The Hall–Kier alpha value is -4.29. The van der Waals surface area contributed by atoms with Gasteiger partial charge in [0.25, 0.3) is 0 Å². The van der Waals surface area contributed by atoms with Crippen LogP contribution in [0.1, 0.15) is 22.3 Å². The molecular formula is C34H33FN6O2S2. The number of hydrogen-bond acceptors (Lipinski definition) is 7. The number of nitrogens with zero attached hydrogens (tertiary/aromatic N) is 4. The van der Waals surface area contributed by atoms with E-state index in [1.165, 1.54) is 11.0 Å². The summed E-state index contributed by atoms with van der Waals surface area (Å²) in [6.45, 7) is 3.93. The van der Waals surface area contributed by atoms with Gasteiger partial charge >= 0.3 is 6.03 Å². The van der Waals surface area contributed by atoms with Gasteiger partial charge < -0.3 is 20.3 Å². The fraction of sp³-hybridized carbons (Fsp3) is 0.235. The molecule has 2 N–H and O–H groups in total. The molecule has 11 heteroatoms. The highest BCUT2D eigenvalue weighted by Crippen LogP contribution is 2.35. The smallest absolute Gasteiger partial charge is 0.328 e. The number of aromatic nitrogens is 2. The predicted molar refractivity (Wildman–Crippen MR) is 181 cm³/mol. The largest absolute Gasteiger partial charge is 0.383 e. The highest BCUT2D eigenvalue weighted by molar-refractivity contribution is 7.80. The zero-order chi connectivity index (χ0) is 31.2. The number of ether oxygens (including phenoxy) is 1. The lowest BCUT2D eigenvalue weighted by molar-refractivity contribution is 0.199. The monoisotopic (exact) mass is 640 g/mol. The average molecular weight is 641 g/mol. The van der Waals surface area contributed by atoms with Gasteiger partial charge in [-0.05, 0) is 64.8 Å². The van der Waals surface area contributed by atoms with E-state index in [1.54, 1.807) is 36.8 Å². The van der Waals surface area contributed by atoms with Gasteiger partial charge in [-0.1, -0.05) is 42.5 Å². The van der Waals surface area contributed by atoms with Gasteiger partial charge in [0, 0.05) is 64.3 Å². The van der Waals surface area contributed by atoms with E-state index in [2.05, 4.69) is 26.7 Å². The fourth-order valence-electron chi connectivity index (χ4n) is 5.22. The van der Waals surface area contributed by atoms with Gasteiger partial charge in [0.15, 0.2) is 5.11 Å². The summed E-state index contributed by atoms with van der Waals surface area (Å²) in [5.41, 5.74) is 5.84. The van der Waals surface area contributed by atoms with Crippen molar-refractivity contribution in [3.05, 3.63) is 113 Å². The van der Waals surface area contributed by atoms with Crippen LogP contribution in [0.3, 0.4) is 0 Å². The first-order valence-electron chi connectivity index (χ1n) is 14.7. The van der Waals surface area contributed by atoms with E-state index < -0.39 is 0 Å². The van der Waals surface area contributed by atoms with Crippen molar-refractivity contribution >= 4 is 50.6 Å². The molecule has 2 amide bonds. The Labute approximate surface area is 270 Å². The summed E-state index contributed by atoms with van der Waals surface area (Å²) >= 11 is 7.18. The summed E-state index contributed by atoms with van der Waals surface area (Å²) in [6, 6.07) is 22.5. The van der Waals surface area contributed by atoms with Crippen LogP contribution in [0.25, 0.3) is 20.8 Å². The molecule has 1 saturated heterocycles. The van der Waals surface area contributed by atoms with Crippen molar-refractivity contribution in [2.75, 3.05) is 38.7 Å². The minimum atomic E-state index is -0.388. The molecule has 4 heterocycles. The zero-order valence-electron chi connectivity index (χ0n) is 24.8. The minimum Gasteiger partial charge on any atom is -0.383 e. The number of carbonyl (C=O) groups excluding carboxylic acids is 1. The lowest BCUT2D eigenvalue weighted by atomic mass is 10.0. The lowest BCUT2D eigenvalue weighted by Gasteiger charge is -2.21. The number of hydrogen-bond donors (Lipinski definition) is 2. The van der Waals surface area contributed by atoms with Crippen LogP contribution in [0.2, 0.25) is 0 Å². The Kier molecular flexibility index (Phi) is 9.70. The maximum atomic E-state index is 15.4. The van der Waals surface area contributed by atoms with Crippen molar-refractivity contribution in [3.63, 3.8) is 0 Å². The number of anilines is 1. The highest BCUT2D eigenvalue weighted by atomic mass is 32.1. The predicted octanol–water partition coefficient (Wildman–Crippen LogP) is 6.46. The number of pyridine rings is 2. The molecule has 5 aromatic rings. The standard InChI is InChI=1S/C34H33FN6O2S2/c1-43-16-13-36-20-24-7-10-29(38-21-24)31-19-30-32(45-31)26(11-12-37-30)17-25-8-9-27(18-28(25)35)39-33(42)41-15-14-40(34(41)44)22-23-5-3-2-4-6-23/h2-12,18-19,21,36H,13-17,20,22H2,1H3,(H,39,42). The third kappa shape index (κ3) is 7.34. The van der Waals surface area contributed by atoms with Crippen LogP contribution >= 0.6 is 23.6 Å². The molecule has 1 fully saturated rings. The SMILES string of the molecule is COCCNCc1ccc(-c2cc3nccc(Cc4ccc(NC(=O)N5CCN(Cc6ccccc6)C5=S)cc4F)c3s2)nc1. The Morgan fingerprint density at radius 3 is 2.67 bits per heavy atom. The number of rotatable bonds is 11. The van der Waals surface area contributed by atoms with Crippen LogP contribution in [-0.4, -0.2) is 64.3 Å². The van der Waals surface area contributed by atoms with Crippen LogP contribution in [0.4, 0.5) is 14.9 Å². The molecule has 3 aromatic heterocycles. The molecule has 0 radical (unpaired) electrons. The van der Waals surface area contributed by atoms with Crippen molar-refractivity contribution in [1.82, 2.24) is 25.1 Å². The van der Waals surface area contributed by atoms with Gasteiger partial charge in [0.2, 0.25) is 0 Å². The molecule has 230 valence electrons. The number of carbonyl (C=O) groups is 1. The molecular weight excluding hydrogens is 608 g/mol. The molecule has 1 aliphatic rings. The molecule has 0 aliphatic carbocycles. The molecule has 6 rings (SSSR count). The van der Waals surface area contributed by atoms with Crippen LogP contribution in [0.15, 0.2) is 85.2 Å². The molecule has 0 bridgehead atoms. The number of halogens is 1. The van der Waals surface area contributed by atoms with Crippen LogP contribution < -0.4 is 10.6 Å². The summed E-state index contributed by atoms with van der Waals surface area (Å²) in [6.07, 6.45) is 4.02. The van der Waals surface area contributed by atoms with Crippen molar-refractivity contribution in [3.8, 4) is 10.6 Å². The summed E-state index contributed by atoms with van der Waals surface area (Å²) in [4.78, 5) is 26.8. The number of methoxy groups -OCH3 is 1. The first kappa shape index (κ1) is 30.7. The second-order valence-corrected chi connectivity index (χ2v) is 12.2. The van der Waals surface area contributed by atoms with Gasteiger partial charge in [-0.25, -0.2) is 9.18 Å². The zero-order valence-corrected chi connectivity index (χ0v) is 26.5. The van der Waals surface area contributed by atoms with Crippen LogP contribution in [0, 0.1) is 5.82 Å².